The Morgan fingerprint density at radius 2 is 1.77 bits per heavy atom. The Kier molecular flexibility index (Phi) is 7.98. The number of ether oxygens (including phenoxy) is 3. The molecular weight excluding hydrogens is 523 g/mol. The van der Waals surface area contributed by atoms with Crippen LogP contribution in [-0.2, 0) is 14.3 Å². The zero-order valence-electron chi connectivity index (χ0n) is 23.0. The average Bonchev–Trinajstić information content (AvgIpc) is 3.54. The van der Waals surface area contributed by atoms with Crippen molar-refractivity contribution in [3.8, 4) is 11.5 Å². The number of carboxylic acids is 1. The highest BCUT2D eigenvalue weighted by atomic mass is 19.1. The van der Waals surface area contributed by atoms with E-state index >= 15 is 0 Å². The summed E-state index contributed by atoms with van der Waals surface area (Å²) in [6.45, 7) is 2.29. The van der Waals surface area contributed by atoms with E-state index in [0.717, 1.165) is 31.7 Å². The lowest BCUT2D eigenvalue weighted by Gasteiger charge is -2.39. The van der Waals surface area contributed by atoms with Crippen molar-refractivity contribution in [2.75, 3.05) is 20.3 Å². The number of aliphatic hydroxyl groups is 1. The molecule has 0 spiro atoms. The Morgan fingerprint density at radius 3 is 2.38 bits per heavy atom. The van der Waals surface area contributed by atoms with Crippen LogP contribution in [0.25, 0.3) is 0 Å². The maximum Gasteiger partial charge on any atom is 0.311 e. The summed E-state index contributed by atoms with van der Waals surface area (Å²) < 4.78 is 32.1. The standard InChI is InChI=1S/C29H39FN2O8/c1-28(8-3-9-28)14-31-26(35)23-19-4-5-20(40-19)24(23)32-25(34)17-12-22(18(30)13-21(17)38-2)39-16-6-10-29(15-33,11-7-16)27(36)37/h12-13,16,19-20,23-24,33H,3-11,14-15H2,1-2H3,(H,31,35)(H,32,34)(H,36,37). The van der Waals surface area contributed by atoms with Gasteiger partial charge in [-0.15, -0.1) is 0 Å². The molecule has 1 aromatic carbocycles. The van der Waals surface area contributed by atoms with E-state index in [9.17, 15) is 29.0 Å². The highest BCUT2D eigenvalue weighted by Gasteiger charge is 2.53. The van der Waals surface area contributed by atoms with Gasteiger partial charge in [-0.3, -0.25) is 14.4 Å². The summed E-state index contributed by atoms with van der Waals surface area (Å²) in [7, 11) is 1.34. The van der Waals surface area contributed by atoms with Gasteiger partial charge in [-0.05, 0) is 62.8 Å². The Hall–Kier alpha value is -2.92. The molecule has 10 nitrogen and oxygen atoms in total. The first-order chi connectivity index (χ1) is 19.1. The van der Waals surface area contributed by atoms with Gasteiger partial charge in [0.15, 0.2) is 11.6 Å². The number of hydrogen-bond donors (Lipinski definition) is 4. The molecule has 2 aliphatic heterocycles. The summed E-state index contributed by atoms with van der Waals surface area (Å²) in [4.78, 5) is 38.3. The molecule has 2 aliphatic carbocycles. The third-order valence-corrected chi connectivity index (χ3v) is 9.56. The normalized spacial score (nSPS) is 32.1. The van der Waals surface area contributed by atoms with Gasteiger partial charge in [-0.2, -0.15) is 0 Å². The van der Waals surface area contributed by atoms with E-state index < -0.39 is 47.8 Å². The van der Waals surface area contributed by atoms with Crippen LogP contribution in [0.3, 0.4) is 0 Å². The molecule has 2 bridgehead atoms. The van der Waals surface area contributed by atoms with Crippen LogP contribution in [0.4, 0.5) is 4.39 Å². The van der Waals surface area contributed by atoms with Crippen molar-refractivity contribution in [3.05, 3.63) is 23.5 Å². The van der Waals surface area contributed by atoms with Crippen molar-refractivity contribution in [1.29, 1.82) is 0 Å². The van der Waals surface area contributed by atoms with Crippen molar-refractivity contribution < 1.29 is 43.2 Å². The summed E-state index contributed by atoms with van der Waals surface area (Å²) in [5.74, 6) is -3.06. The van der Waals surface area contributed by atoms with Crippen LogP contribution in [0.5, 0.6) is 11.5 Å². The first-order valence-corrected chi connectivity index (χ1v) is 14.2. The molecule has 4 atom stereocenters. The molecule has 40 heavy (non-hydrogen) atoms. The molecule has 0 aromatic heterocycles. The zero-order chi connectivity index (χ0) is 28.7. The Balaban J connectivity index is 1.28. The van der Waals surface area contributed by atoms with Gasteiger partial charge < -0.3 is 35.1 Å². The quantitative estimate of drug-likeness (QED) is 0.341. The van der Waals surface area contributed by atoms with Crippen molar-refractivity contribution in [1.82, 2.24) is 10.6 Å². The third kappa shape index (κ3) is 5.37. The highest BCUT2D eigenvalue weighted by Crippen LogP contribution is 2.42. The molecule has 2 heterocycles. The molecule has 0 radical (unpaired) electrons. The van der Waals surface area contributed by atoms with Gasteiger partial charge >= 0.3 is 5.97 Å². The molecule has 11 heteroatoms. The predicted octanol–water partition coefficient (Wildman–Crippen LogP) is 2.80. The van der Waals surface area contributed by atoms with E-state index in [2.05, 4.69) is 17.6 Å². The fourth-order valence-electron chi connectivity index (χ4n) is 6.65. The number of halogens is 1. The molecule has 4 fully saturated rings. The van der Waals surface area contributed by atoms with Crippen LogP contribution in [0.2, 0.25) is 0 Å². The van der Waals surface area contributed by atoms with Gasteiger partial charge in [0.2, 0.25) is 5.91 Å². The molecule has 4 aliphatic rings. The van der Waals surface area contributed by atoms with Crippen LogP contribution >= 0.6 is 0 Å². The van der Waals surface area contributed by atoms with E-state index in [1.54, 1.807) is 0 Å². The van der Waals surface area contributed by atoms with E-state index in [1.165, 1.54) is 19.6 Å². The fraction of sp³-hybridized carbons (Fsp3) is 0.690. The fourth-order valence-corrected chi connectivity index (χ4v) is 6.65. The number of amides is 2. The van der Waals surface area contributed by atoms with Crippen molar-refractivity contribution >= 4 is 17.8 Å². The van der Waals surface area contributed by atoms with Crippen LogP contribution in [0.1, 0.15) is 75.1 Å². The lowest BCUT2D eigenvalue weighted by molar-refractivity contribution is -0.155. The van der Waals surface area contributed by atoms with Gasteiger partial charge in [0.25, 0.3) is 5.91 Å². The molecule has 4 unspecified atom stereocenters. The number of carbonyl (C=O) groups is 3. The number of aliphatic hydroxyl groups excluding tert-OH is 1. The van der Waals surface area contributed by atoms with Crippen molar-refractivity contribution in [2.24, 2.45) is 16.7 Å². The number of hydrogen-bond acceptors (Lipinski definition) is 7. The van der Waals surface area contributed by atoms with Gasteiger partial charge in [0, 0.05) is 12.6 Å². The summed E-state index contributed by atoms with van der Waals surface area (Å²) >= 11 is 0. The SMILES string of the molecule is COc1cc(F)c(OC2CCC(CO)(C(=O)O)CC2)cc1C(=O)NC1C2CCC(O2)C1C(=O)NCC1(C)CCC1. The van der Waals surface area contributed by atoms with Crippen LogP contribution in [-0.4, -0.2) is 72.6 Å². The minimum absolute atomic E-state index is 0.0270. The van der Waals surface area contributed by atoms with Gasteiger partial charge in [-0.25, -0.2) is 4.39 Å². The molecule has 1 aromatic rings. The minimum Gasteiger partial charge on any atom is -0.496 e. The molecule has 5 rings (SSSR count). The molecule has 2 saturated carbocycles. The van der Waals surface area contributed by atoms with E-state index in [1.807, 2.05) is 0 Å². The average molecular weight is 563 g/mol. The second-order valence-electron chi connectivity index (χ2n) is 12.2. The second-order valence-corrected chi connectivity index (χ2v) is 12.2. The molecular formula is C29H39FN2O8. The maximum absolute atomic E-state index is 14.9. The predicted molar refractivity (Wildman–Crippen MR) is 141 cm³/mol. The maximum atomic E-state index is 14.9. The lowest BCUT2D eigenvalue weighted by atomic mass is 9.70. The number of rotatable bonds is 10. The van der Waals surface area contributed by atoms with Gasteiger partial charge in [-0.1, -0.05) is 13.3 Å². The van der Waals surface area contributed by atoms with Crippen LogP contribution < -0.4 is 20.1 Å². The Labute approximate surface area is 232 Å². The zero-order valence-corrected chi connectivity index (χ0v) is 23.0. The number of fused-ring (bicyclic) bond motifs is 2. The highest BCUT2D eigenvalue weighted by molar-refractivity contribution is 5.98. The molecule has 2 saturated heterocycles. The third-order valence-electron chi connectivity index (χ3n) is 9.56. The number of methoxy groups -OCH3 is 1. The summed E-state index contributed by atoms with van der Waals surface area (Å²) in [6, 6.07) is 1.85. The molecule has 2 amide bonds. The smallest absolute Gasteiger partial charge is 0.311 e. The Morgan fingerprint density at radius 1 is 1.07 bits per heavy atom. The monoisotopic (exact) mass is 562 g/mol. The van der Waals surface area contributed by atoms with Crippen LogP contribution in [0, 0.1) is 22.6 Å². The topological polar surface area (TPSA) is 143 Å². The first kappa shape index (κ1) is 28.6. The molecule has 4 N–H and O–H groups in total. The number of aliphatic carboxylic acids is 1. The van der Waals surface area contributed by atoms with Gasteiger partial charge in [0.05, 0.1) is 55.0 Å². The minimum atomic E-state index is -1.22. The molecule has 220 valence electrons. The number of nitrogens with one attached hydrogen (secondary N) is 2. The number of benzene rings is 1. The first-order valence-electron chi connectivity index (χ1n) is 14.2. The van der Waals surface area contributed by atoms with E-state index in [-0.39, 0.29) is 53.4 Å². The van der Waals surface area contributed by atoms with Crippen LogP contribution in [0.15, 0.2) is 12.1 Å². The second kappa shape index (κ2) is 11.2. The summed E-state index contributed by atoms with van der Waals surface area (Å²) in [6.07, 6.45) is 4.83. The Bertz CT molecular complexity index is 1150. The van der Waals surface area contributed by atoms with E-state index in [0.29, 0.717) is 19.4 Å². The van der Waals surface area contributed by atoms with Gasteiger partial charge in [0.1, 0.15) is 5.75 Å². The largest absolute Gasteiger partial charge is 0.496 e. The number of carbonyl (C=O) groups excluding carboxylic acids is 2. The summed E-state index contributed by atoms with van der Waals surface area (Å²) in [5, 5.41) is 25.1. The number of carboxylic acid groups (broad SMARTS) is 1. The van der Waals surface area contributed by atoms with E-state index in [4.69, 9.17) is 14.2 Å². The summed E-state index contributed by atoms with van der Waals surface area (Å²) in [5.41, 5.74) is -1.03. The lowest BCUT2D eigenvalue weighted by Crippen LogP contribution is -2.53. The van der Waals surface area contributed by atoms with Crippen molar-refractivity contribution in [3.63, 3.8) is 0 Å². The van der Waals surface area contributed by atoms with Crippen molar-refractivity contribution in [2.45, 2.75) is 89.1 Å².